The van der Waals surface area contributed by atoms with E-state index in [2.05, 4.69) is 0 Å². The summed E-state index contributed by atoms with van der Waals surface area (Å²) in [5.74, 6) is -0.564. The van der Waals surface area contributed by atoms with Crippen molar-refractivity contribution >= 4 is 12.0 Å². The van der Waals surface area contributed by atoms with Crippen molar-refractivity contribution < 1.29 is 20.3 Å². The summed E-state index contributed by atoms with van der Waals surface area (Å²) in [5.41, 5.74) is -0.141. The van der Waals surface area contributed by atoms with E-state index in [-0.39, 0.29) is 16.5 Å². The molecule has 0 bridgehead atoms. The first-order valence-electron chi connectivity index (χ1n) is 3.09. The molecule has 64 valence electrons. The van der Waals surface area contributed by atoms with Crippen LogP contribution in [0.25, 0.3) is 0 Å². The number of rotatable bonds is 2. The third kappa shape index (κ3) is 1.52. The van der Waals surface area contributed by atoms with Crippen molar-refractivity contribution in [1.29, 1.82) is 0 Å². The van der Waals surface area contributed by atoms with Gasteiger partial charge >= 0.3 is 0 Å². The monoisotopic (exact) mass is 168 g/mol. The van der Waals surface area contributed by atoms with Crippen LogP contribution in [0, 0.1) is 0 Å². The van der Waals surface area contributed by atoms with Crippen LogP contribution >= 0.6 is 0 Å². The first-order valence-corrected chi connectivity index (χ1v) is 3.09. The Kier molecular flexibility index (Phi) is 2.27. The molecule has 0 aliphatic carbocycles. The van der Waals surface area contributed by atoms with Gasteiger partial charge in [-0.15, -0.1) is 5.23 Å². The molecule has 1 aromatic carbocycles. The van der Waals surface area contributed by atoms with Crippen LogP contribution in [-0.4, -0.2) is 16.7 Å². The van der Waals surface area contributed by atoms with Gasteiger partial charge in [0.05, 0.1) is 5.69 Å². The Hall–Kier alpha value is -1.59. The SMILES string of the molecule is O=Cc1ccc([O-])c(N(O)O)c1. The van der Waals surface area contributed by atoms with Gasteiger partial charge in [0, 0.05) is 5.56 Å². The topological polar surface area (TPSA) is 83.8 Å². The fourth-order valence-electron chi connectivity index (χ4n) is 0.764. The molecular weight excluding hydrogens is 162 g/mol. The molecule has 0 unspecified atom stereocenters. The van der Waals surface area contributed by atoms with E-state index >= 15 is 0 Å². The lowest BCUT2D eigenvalue weighted by atomic mass is 10.2. The second kappa shape index (κ2) is 3.21. The van der Waals surface area contributed by atoms with E-state index in [0.29, 0.717) is 6.29 Å². The summed E-state index contributed by atoms with van der Waals surface area (Å²) >= 11 is 0. The fraction of sp³-hybridized carbons (Fsp3) is 0. The summed E-state index contributed by atoms with van der Waals surface area (Å²) in [6.07, 6.45) is 0.506. The Morgan fingerprint density at radius 3 is 2.58 bits per heavy atom. The molecular formula is C7H6NO4-. The molecule has 1 aromatic rings. The van der Waals surface area contributed by atoms with Crippen LogP contribution in [0.4, 0.5) is 5.69 Å². The Labute approximate surface area is 68.0 Å². The Balaban J connectivity index is 3.16. The number of hydrogen-bond donors (Lipinski definition) is 2. The number of carbonyl (C=O) groups is 1. The van der Waals surface area contributed by atoms with Gasteiger partial charge in [-0.2, -0.15) is 0 Å². The standard InChI is InChI=1S/C7H7NO4/c9-4-5-1-2-7(10)6(3-5)8(11)12/h1-4,10-12H/p-1. The summed E-state index contributed by atoms with van der Waals surface area (Å²) in [6.45, 7) is 0. The molecule has 0 saturated carbocycles. The summed E-state index contributed by atoms with van der Waals surface area (Å²) in [5, 5.41) is 27.5. The molecule has 0 amide bonds. The third-order valence-electron chi connectivity index (χ3n) is 1.33. The lowest BCUT2D eigenvalue weighted by Gasteiger charge is -2.16. The molecule has 0 saturated heterocycles. The highest BCUT2D eigenvalue weighted by Gasteiger charge is 2.00. The highest BCUT2D eigenvalue weighted by atomic mass is 16.8. The maximum Gasteiger partial charge on any atom is 0.150 e. The predicted molar refractivity (Wildman–Crippen MR) is 37.3 cm³/mol. The number of hydrogen-bond acceptors (Lipinski definition) is 5. The summed E-state index contributed by atoms with van der Waals surface area (Å²) in [4.78, 5) is 10.2. The van der Waals surface area contributed by atoms with Gasteiger partial charge in [0.15, 0.2) is 0 Å². The number of aldehydes is 1. The normalized spacial score (nSPS) is 9.50. The molecule has 1 rings (SSSR count). The second-order valence-corrected chi connectivity index (χ2v) is 2.13. The predicted octanol–water partition coefficient (Wildman–Crippen LogP) is 0.157. The zero-order chi connectivity index (χ0) is 9.14. The average molecular weight is 168 g/mol. The van der Waals surface area contributed by atoms with Crippen molar-refractivity contribution in [3.63, 3.8) is 0 Å². The molecule has 0 atom stereocenters. The molecule has 0 aromatic heterocycles. The lowest BCUT2D eigenvalue weighted by molar-refractivity contribution is -0.268. The van der Waals surface area contributed by atoms with Gasteiger partial charge in [-0.05, 0) is 6.07 Å². The fourth-order valence-corrected chi connectivity index (χ4v) is 0.764. The van der Waals surface area contributed by atoms with Gasteiger partial charge in [-0.3, -0.25) is 15.2 Å². The van der Waals surface area contributed by atoms with E-state index in [0.717, 1.165) is 12.1 Å². The zero-order valence-electron chi connectivity index (χ0n) is 5.97. The molecule has 2 N–H and O–H groups in total. The minimum absolute atomic E-state index is 0.206. The maximum atomic E-state index is 10.9. The smallest absolute Gasteiger partial charge is 0.150 e. The van der Waals surface area contributed by atoms with Crippen molar-refractivity contribution in [3.8, 4) is 5.75 Å². The number of carbonyl (C=O) groups excluding carboxylic acids is 1. The summed E-state index contributed by atoms with van der Waals surface area (Å²) in [7, 11) is 0. The number of nitrogens with zero attached hydrogens (tertiary/aromatic N) is 1. The Bertz CT molecular complexity index is 297. The van der Waals surface area contributed by atoms with Gasteiger partial charge in [0.1, 0.15) is 6.29 Å². The first kappa shape index (κ1) is 8.51. The van der Waals surface area contributed by atoms with Gasteiger partial charge in [-0.1, -0.05) is 17.9 Å². The minimum Gasteiger partial charge on any atom is -0.871 e. The largest absolute Gasteiger partial charge is 0.871 e. The lowest BCUT2D eigenvalue weighted by Crippen LogP contribution is -2.13. The first-order chi connectivity index (χ1) is 5.65. The van der Waals surface area contributed by atoms with Crippen LogP contribution in [0.1, 0.15) is 10.4 Å². The van der Waals surface area contributed by atoms with E-state index in [1.54, 1.807) is 0 Å². The third-order valence-corrected chi connectivity index (χ3v) is 1.33. The molecule has 0 aliphatic rings. The molecule has 5 heteroatoms. The van der Waals surface area contributed by atoms with Crippen LogP contribution in [0.2, 0.25) is 0 Å². The maximum absolute atomic E-state index is 10.9. The number of anilines is 1. The zero-order valence-corrected chi connectivity index (χ0v) is 5.97. The van der Waals surface area contributed by atoms with Crippen molar-refractivity contribution in [2.75, 3.05) is 5.23 Å². The van der Waals surface area contributed by atoms with Crippen LogP contribution in [0.15, 0.2) is 18.2 Å². The van der Waals surface area contributed by atoms with Crippen molar-refractivity contribution in [1.82, 2.24) is 0 Å². The average Bonchev–Trinajstić information content (AvgIpc) is 2.05. The summed E-state index contributed by atoms with van der Waals surface area (Å²) in [6, 6.07) is 3.45. The van der Waals surface area contributed by atoms with Crippen LogP contribution in [-0.2, 0) is 0 Å². The molecule has 0 spiro atoms. The molecule has 0 heterocycles. The van der Waals surface area contributed by atoms with E-state index in [1.165, 1.54) is 6.07 Å². The van der Waals surface area contributed by atoms with Crippen LogP contribution in [0.3, 0.4) is 0 Å². The van der Waals surface area contributed by atoms with Gasteiger partial charge < -0.3 is 5.11 Å². The van der Waals surface area contributed by atoms with Crippen LogP contribution < -0.4 is 10.3 Å². The van der Waals surface area contributed by atoms with E-state index < -0.39 is 5.75 Å². The minimum atomic E-state index is -0.564. The Morgan fingerprint density at radius 1 is 1.42 bits per heavy atom. The molecule has 5 nitrogen and oxygen atoms in total. The van der Waals surface area contributed by atoms with Crippen molar-refractivity contribution in [2.24, 2.45) is 0 Å². The Morgan fingerprint density at radius 2 is 2.08 bits per heavy atom. The van der Waals surface area contributed by atoms with Crippen LogP contribution in [0.5, 0.6) is 5.75 Å². The highest BCUT2D eigenvalue weighted by Crippen LogP contribution is 2.22. The number of benzene rings is 1. The molecule has 0 aliphatic heterocycles. The second-order valence-electron chi connectivity index (χ2n) is 2.13. The van der Waals surface area contributed by atoms with Gasteiger partial charge in [-0.25, -0.2) is 0 Å². The quantitative estimate of drug-likeness (QED) is 0.485. The van der Waals surface area contributed by atoms with Crippen molar-refractivity contribution in [3.05, 3.63) is 23.8 Å². The van der Waals surface area contributed by atoms with Gasteiger partial charge in [0.25, 0.3) is 0 Å². The van der Waals surface area contributed by atoms with Gasteiger partial charge in [0.2, 0.25) is 0 Å². The highest BCUT2D eigenvalue weighted by molar-refractivity contribution is 5.78. The molecule has 0 radical (unpaired) electrons. The van der Waals surface area contributed by atoms with E-state index in [9.17, 15) is 9.90 Å². The summed E-state index contributed by atoms with van der Waals surface area (Å²) < 4.78 is 0. The molecule has 12 heavy (non-hydrogen) atoms. The van der Waals surface area contributed by atoms with Crippen molar-refractivity contribution in [2.45, 2.75) is 0 Å². The van der Waals surface area contributed by atoms with E-state index in [1.807, 2.05) is 0 Å². The van der Waals surface area contributed by atoms with E-state index in [4.69, 9.17) is 10.4 Å². The molecule has 0 fully saturated rings.